The number of pyridine rings is 2. The van der Waals surface area contributed by atoms with E-state index in [1.807, 2.05) is 48.8 Å². The van der Waals surface area contributed by atoms with Crippen LogP contribution in [0.4, 0.5) is 0 Å². The predicted octanol–water partition coefficient (Wildman–Crippen LogP) is 5.71. The van der Waals surface area contributed by atoms with Crippen LogP contribution < -0.4 is 5.32 Å². The Balaban J connectivity index is 1.62. The molecule has 5 rings (SSSR count). The Kier molecular flexibility index (Phi) is 5.87. The summed E-state index contributed by atoms with van der Waals surface area (Å²) < 4.78 is 2.25. The smallest absolute Gasteiger partial charge is 0.170 e. The Morgan fingerprint density at radius 3 is 2.64 bits per heavy atom. The maximum atomic E-state index is 6.31. The van der Waals surface area contributed by atoms with Gasteiger partial charge in [0.1, 0.15) is 0 Å². The van der Waals surface area contributed by atoms with Crippen molar-refractivity contribution in [2.45, 2.75) is 32.5 Å². The number of aromatic nitrogens is 3. The van der Waals surface area contributed by atoms with Gasteiger partial charge in [-0.3, -0.25) is 9.97 Å². The Bertz CT molecular complexity index is 1290. The van der Waals surface area contributed by atoms with Gasteiger partial charge in [-0.1, -0.05) is 29.8 Å². The molecule has 3 aromatic heterocycles. The largest absolute Gasteiger partial charge is 0.352 e. The molecule has 4 heterocycles. The molecule has 0 saturated carbocycles. The summed E-state index contributed by atoms with van der Waals surface area (Å²) in [6.07, 6.45) is 5.51. The van der Waals surface area contributed by atoms with Crippen LogP contribution in [0.5, 0.6) is 0 Å². The summed E-state index contributed by atoms with van der Waals surface area (Å²) in [5.41, 5.74) is 6.62. The highest BCUT2D eigenvalue weighted by atomic mass is 35.5. The SMILES string of the molecule is Cc1cc([C@H]2[C@H](c3ccccn3)NC(=S)N2Cc2cccnc2)c(C)n1-c1cccc(Cl)c1. The molecule has 1 fully saturated rings. The minimum atomic E-state index is -0.0660. The first kappa shape index (κ1) is 21.6. The number of nitrogens with one attached hydrogen (secondary N) is 1. The molecular formula is C26H24ClN5S. The van der Waals surface area contributed by atoms with E-state index in [9.17, 15) is 0 Å². The molecular weight excluding hydrogens is 450 g/mol. The summed E-state index contributed by atoms with van der Waals surface area (Å²) in [6, 6.07) is 20.2. The molecule has 1 aliphatic heterocycles. The summed E-state index contributed by atoms with van der Waals surface area (Å²) in [6.45, 7) is 4.94. The minimum absolute atomic E-state index is 0.0215. The maximum Gasteiger partial charge on any atom is 0.170 e. The van der Waals surface area contributed by atoms with E-state index < -0.39 is 0 Å². The lowest BCUT2D eigenvalue weighted by molar-refractivity contribution is 0.310. The molecule has 0 radical (unpaired) electrons. The van der Waals surface area contributed by atoms with Crippen LogP contribution >= 0.6 is 23.8 Å². The van der Waals surface area contributed by atoms with Gasteiger partial charge in [0.2, 0.25) is 0 Å². The van der Waals surface area contributed by atoms with E-state index in [-0.39, 0.29) is 12.1 Å². The predicted molar refractivity (Wildman–Crippen MR) is 135 cm³/mol. The standard InChI is InChI=1S/C26H24ClN5S/c1-17-13-22(18(2)32(17)21-9-5-8-20(27)14-21)25-24(23-10-3-4-12-29-23)30-26(33)31(25)16-19-7-6-11-28-15-19/h3-15,24-25H,16H2,1-2H3,(H,30,33)/t24-,25-/m0/s1. The number of nitrogens with zero attached hydrogens (tertiary/aromatic N) is 4. The normalized spacial score (nSPS) is 17.9. The number of aryl methyl sites for hydroxylation is 1. The van der Waals surface area contributed by atoms with Gasteiger partial charge in [0.15, 0.2) is 5.11 Å². The lowest BCUT2D eigenvalue weighted by atomic mass is 9.96. The Morgan fingerprint density at radius 2 is 1.91 bits per heavy atom. The van der Waals surface area contributed by atoms with E-state index in [4.69, 9.17) is 23.8 Å². The second-order valence-electron chi connectivity index (χ2n) is 8.26. The number of benzene rings is 1. The van der Waals surface area contributed by atoms with Crippen LogP contribution in [0.3, 0.4) is 0 Å². The van der Waals surface area contributed by atoms with Crippen molar-refractivity contribution in [1.29, 1.82) is 0 Å². The third kappa shape index (κ3) is 4.12. The fourth-order valence-corrected chi connectivity index (χ4v) is 5.19. The zero-order chi connectivity index (χ0) is 22.9. The number of rotatable bonds is 5. The molecule has 2 atom stereocenters. The van der Waals surface area contributed by atoms with Crippen LogP contribution in [-0.2, 0) is 6.54 Å². The number of hydrogen-bond acceptors (Lipinski definition) is 3. The van der Waals surface area contributed by atoms with Gasteiger partial charge in [-0.2, -0.15) is 0 Å². The Labute approximate surface area is 204 Å². The molecule has 1 N–H and O–H groups in total. The second kappa shape index (κ2) is 8.96. The van der Waals surface area contributed by atoms with Crippen molar-refractivity contribution in [3.05, 3.63) is 112 Å². The summed E-state index contributed by atoms with van der Waals surface area (Å²) in [7, 11) is 0. The Hall–Kier alpha value is -3.22. The van der Waals surface area contributed by atoms with Crippen molar-refractivity contribution in [1.82, 2.24) is 24.8 Å². The molecule has 0 amide bonds. The topological polar surface area (TPSA) is 46.0 Å². The second-order valence-corrected chi connectivity index (χ2v) is 9.08. The monoisotopic (exact) mass is 473 g/mol. The number of hydrogen-bond donors (Lipinski definition) is 1. The van der Waals surface area contributed by atoms with Gasteiger partial charge in [0.05, 0.1) is 17.8 Å². The van der Waals surface area contributed by atoms with Crippen molar-refractivity contribution in [2.75, 3.05) is 0 Å². The summed E-state index contributed by atoms with van der Waals surface area (Å²) in [5.74, 6) is 0. The van der Waals surface area contributed by atoms with Gasteiger partial charge in [-0.05, 0) is 79.7 Å². The first-order valence-corrected chi connectivity index (χ1v) is 11.6. The van der Waals surface area contributed by atoms with Gasteiger partial charge in [-0.25, -0.2) is 0 Å². The average molecular weight is 474 g/mol. The third-order valence-corrected chi connectivity index (χ3v) is 6.72. The van der Waals surface area contributed by atoms with E-state index >= 15 is 0 Å². The molecule has 0 unspecified atom stereocenters. The zero-order valence-electron chi connectivity index (χ0n) is 18.4. The van der Waals surface area contributed by atoms with Gasteiger partial charge in [0, 0.05) is 47.2 Å². The summed E-state index contributed by atoms with van der Waals surface area (Å²) >= 11 is 12.1. The molecule has 1 aromatic carbocycles. The van der Waals surface area contributed by atoms with Crippen molar-refractivity contribution in [3.63, 3.8) is 0 Å². The van der Waals surface area contributed by atoms with E-state index in [0.717, 1.165) is 33.4 Å². The highest BCUT2D eigenvalue weighted by Crippen LogP contribution is 2.42. The number of halogens is 1. The summed E-state index contributed by atoms with van der Waals surface area (Å²) in [4.78, 5) is 11.2. The molecule has 5 nitrogen and oxygen atoms in total. The number of thiocarbonyl (C=S) groups is 1. The first-order valence-electron chi connectivity index (χ1n) is 10.8. The van der Waals surface area contributed by atoms with Gasteiger partial charge in [-0.15, -0.1) is 0 Å². The van der Waals surface area contributed by atoms with Crippen LogP contribution in [0.15, 0.2) is 79.3 Å². The molecule has 166 valence electrons. The average Bonchev–Trinajstić information content (AvgIpc) is 3.30. The molecule has 0 bridgehead atoms. The minimum Gasteiger partial charge on any atom is -0.352 e. The van der Waals surface area contributed by atoms with Crippen LogP contribution in [0.2, 0.25) is 5.02 Å². The van der Waals surface area contributed by atoms with Gasteiger partial charge >= 0.3 is 0 Å². The quantitative estimate of drug-likeness (QED) is 0.376. The fourth-order valence-electron chi connectivity index (χ4n) is 4.70. The van der Waals surface area contributed by atoms with E-state index in [0.29, 0.717) is 11.7 Å². The molecule has 33 heavy (non-hydrogen) atoms. The lowest BCUT2D eigenvalue weighted by Gasteiger charge is -2.28. The van der Waals surface area contributed by atoms with E-state index in [1.54, 1.807) is 6.20 Å². The third-order valence-electron chi connectivity index (χ3n) is 6.13. The van der Waals surface area contributed by atoms with Crippen LogP contribution in [0.25, 0.3) is 5.69 Å². The molecule has 0 spiro atoms. The molecule has 1 saturated heterocycles. The highest BCUT2D eigenvalue weighted by Gasteiger charge is 2.41. The van der Waals surface area contributed by atoms with Crippen molar-refractivity contribution >= 4 is 28.9 Å². The Morgan fingerprint density at radius 1 is 1.03 bits per heavy atom. The highest BCUT2D eigenvalue weighted by molar-refractivity contribution is 7.80. The maximum absolute atomic E-state index is 6.31. The van der Waals surface area contributed by atoms with Crippen molar-refractivity contribution in [3.8, 4) is 5.69 Å². The molecule has 7 heteroatoms. The van der Waals surface area contributed by atoms with Crippen molar-refractivity contribution in [2.24, 2.45) is 0 Å². The van der Waals surface area contributed by atoms with Gasteiger partial charge < -0.3 is 14.8 Å². The molecule has 0 aliphatic carbocycles. The zero-order valence-corrected chi connectivity index (χ0v) is 20.0. The first-order chi connectivity index (χ1) is 16.0. The molecule has 1 aliphatic rings. The van der Waals surface area contributed by atoms with Crippen LogP contribution in [0.1, 0.15) is 40.3 Å². The molecule has 4 aromatic rings. The van der Waals surface area contributed by atoms with Crippen molar-refractivity contribution < 1.29 is 0 Å². The lowest BCUT2D eigenvalue weighted by Crippen LogP contribution is -2.29. The van der Waals surface area contributed by atoms with E-state index in [1.165, 1.54) is 5.56 Å². The summed E-state index contributed by atoms with van der Waals surface area (Å²) in [5, 5.41) is 4.97. The van der Waals surface area contributed by atoms with E-state index in [2.05, 4.69) is 62.9 Å². The van der Waals surface area contributed by atoms with Crippen LogP contribution in [0, 0.1) is 13.8 Å². The fraction of sp³-hybridized carbons (Fsp3) is 0.192. The van der Waals surface area contributed by atoms with Crippen LogP contribution in [-0.4, -0.2) is 24.5 Å². The van der Waals surface area contributed by atoms with Gasteiger partial charge in [0.25, 0.3) is 0 Å².